The van der Waals surface area contributed by atoms with Gasteiger partial charge in [-0.3, -0.25) is 23.7 Å². The summed E-state index contributed by atoms with van der Waals surface area (Å²) in [4.78, 5) is 51.8. The number of fused-ring (bicyclic) bond motifs is 1. The Labute approximate surface area is 236 Å². The van der Waals surface area contributed by atoms with Crippen LogP contribution >= 0.6 is 0 Å². The van der Waals surface area contributed by atoms with E-state index in [0.29, 0.717) is 40.9 Å². The summed E-state index contributed by atoms with van der Waals surface area (Å²) in [5, 5.41) is 3.69. The van der Waals surface area contributed by atoms with Crippen LogP contribution in [0.3, 0.4) is 0 Å². The van der Waals surface area contributed by atoms with E-state index in [9.17, 15) is 19.2 Å². The number of benzene rings is 2. The number of ether oxygens (including phenoxy) is 1. The minimum absolute atomic E-state index is 0.0968. The zero-order chi connectivity index (χ0) is 29.1. The molecule has 2 amide bonds. The average molecular weight is 548 g/mol. The Balaban J connectivity index is 1.62. The smallest absolute Gasteiger partial charge is 0.308 e. The minimum atomic E-state index is -0.442. The van der Waals surface area contributed by atoms with Crippen molar-refractivity contribution in [2.45, 2.75) is 72.1 Å². The van der Waals surface area contributed by atoms with Gasteiger partial charge in [0.15, 0.2) is 0 Å². The van der Waals surface area contributed by atoms with Gasteiger partial charge < -0.3 is 15.0 Å². The largest absolute Gasteiger partial charge is 0.427 e. The average Bonchev–Trinajstić information content (AvgIpc) is 3.20. The van der Waals surface area contributed by atoms with Crippen molar-refractivity contribution in [3.8, 4) is 5.75 Å². The van der Waals surface area contributed by atoms with E-state index in [0.717, 1.165) is 50.6 Å². The van der Waals surface area contributed by atoms with E-state index in [4.69, 9.17) is 4.74 Å². The van der Waals surface area contributed by atoms with Crippen LogP contribution in [0.5, 0.6) is 5.75 Å². The van der Waals surface area contributed by atoms with Gasteiger partial charge in [-0.15, -0.1) is 0 Å². The van der Waals surface area contributed by atoms with Crippen molar-refractivity contribution >= 4 is 34.6 Å². The predicted molar refractivity (Wildman–Crippen MR) is 156 cm³/mol. The highest BCUT2D eigenvalue weighted by atomic mass is 16.5. The molecule has 40 heavy (non-hydrogen) atoms. The second-order valence-corrected chi connectivity index (χ2v) is 10.2. The first kappa shape index (κ1) is 30.6. The van der Waals surface area contributed by atoms with Crippen molar-refractivity contribution in [3.63, 3.8) is 0 Å². The zero-order valence-electron chi connectivity index (χ0n) is 24.1. The summed E-state index contributed by atoms with van der Waals surface area (Å²) in [7, 11) is 1.86. The Morgan fingerprint density at radius 2 is 1.68 bits per heavy atom. The van der Waals surface area contributed by atoms with Gasteiger partial charge in [0.25, 0.3) is 5.91 Å². The number of hydrogen-bond donors (Lipinski definition) is 1. The molecule has 0 radical (unpaired) electrons. The molecule has 0 saturated carbocycles. The Morgan fingerprint density at radius 1 is 0.950 bits per heavy atom. The second kappa shape index (κ2) is 15.0. The van der Waals surface area contributed by atoms with Gasteiger partial charge in [0.05, 0.1) is 11.9 Å². The van der Waals surface area contributed by atoms with E-state index in [1.165, 1.54) is 6.92 Å². The lowest BCUT2D eigenvalue weighted by Gasteiger charge is -2.16. The fourth-order valence-corrected chi connectivity index (χ4v) is 4.80. The maximum absolute atomic E-state index is 13.4. The maximum Gasteiger partial charge on any atom is 0.308 e. The monoisotopic (exact) mass is 547 g/mol. The number of carbonyl (C=O) groups is 4. The van der Waals surface area contributed by atoms with Crippen LogP contribution in [0.25, 0.3) is 10.9 Å². The fourth-order valence-electron chi connectivity index (χ4n) is 4.80. The lowest BCUT2D eigenvalue weighted by atomic mass is 10.1. The number of unbranched alkanes of at least 4 members (excludes halogenated alkanes) is 4. The molecule has 0 aliphatic rings. The molecule has 0 saturated heterocycles. The van der Waals surface area contributed by atoms with E-state index in [2.05, 4.69) is 12.2 Å². The lowest BCUT2D eigenvalue weighted by Crippen LogP contribution is -2.27. The molecule has 1 aromatic heterocycles. The van der Waals surface area contributed by atoms with E-state index in [1.54, 1.807) is 34.9 Å². The molecule has 0 fully saturated rings. The van der Waals surface area contributed by atoms with E-state index >= 15 is 0 Å². The number of nitrogens with one attached hydrogen (secondary N) is 1. The van der Waals surface area contributed by atoms with Crippen LogP contribution in [0.15, 0.2) is 48.5 Å². The van der Waals surface area contributed by atoms with Crippen LogP contribution < -0.4 is 10.1 Å². The van der Waals surface area contributed by atoms with Crippen LogP contribution in [0.1, 0.15) is 80.4 Å². The third-order valence-electron chi connectivity index (χ3n) is 7.04. The standard InChI is InChI=1S/C32H41N3O5/c1-5-6-20-34(4)31(38)16-12-7-8-13-19-33-30(37)22-27-23(2)35(32(39)25-14-10-9-11-15-25)29-18-17-26(21-28(27)29)40-24(3)36/h9-11,14-15,17-18,21H,5-8,12-13,16,19-20,22H2,1-4H3,(H,33,37). The fraction of sp³-hybridized carbons (Fsp3) is 0.438. The molecule has 1 N–H and O–H groups in total. The van der Waals surface area contributed by atoms with Crippen molar-refractivity contribution < 1.29 is 23.9 Å². The quantitative estimate of drug-likeness (QED) is 0.165. The summed E-state index contributed by atoms with van der Waals surface area (Å²) in [6.07, 6.45) is 6.31. The predicted octanol–water partition coefficient (Wildman–Crippen LogP) is 5.43. The maximum atomic E-state index is 13.4. The lowest BCUT2D eigenvalue weighted by molar-refractivity contribution is -0.132. The van der Waals surface area contributed by atoms with Gasteiger partial charge in [-0.2, -0.15) is 0 Å². The highest BCUT2D eigenvalue weighted by Crippen LogP contribution is 2.31. The summed E-state index contributed by atoms with van der Waals surface area (Å²) in [5.41, 5.74) is 2.58. The first-order valence-corrected chi connectivity index (χ1v) is 14.2. The number of hydrogen-bond acceptors (Lipinski definition) is 5. The van der Waals surface area contributed by atoms with Gasteiger partial charge in [-0.1, -0.05) is 44.4 Å². The van der Waals surface area contributed by atoms with Gasteiger partial charge in [-0.05, 0) is 62.1 Å². The van der Waals surface area contributed by atoms with E-state index in [-0.39, 0.29) is 24.1 Å². The van der Waals surface area contributed by atoms with Crippen molar-refractivity contribution in [1.29, 1.82) is 0 Å². The van der Waals surface area contributed by atoms with Gasteiger partial charge in [0, 0.05) is 50.1 Å². The molecule has 0 atom stereocenters. The number of carbonyl (C=O) groups excluding carboxylic acids is 4. The molecule has 8 nitrogen and oxygen atoms in total. The Bertz CT molecular complexity index is 1330. The molecule has 0 spiro atoms. The second-order valence-electron chi connectivity index (χ2n) is 10.2. The third-order valence-corrected chi connectivity index (χ3v) is 7.04. The van der Waals surface area contributed by atoms with Crippen LogP contribution in [0.2, 0.25) is 0 Å². The SMILES string of the molecule is CCCCN(C)C(=O)CCCCCCNC(=O)Cc1c(C)n(C(=O)c2ccccc2)c2ccc(OC(C)=O)cc12. The van der Waals surface area contributed by atoms with Crippen LogP contribution in [0.4, 0.5) is 0 Å². The Morgan fingerprint density at radius 3 is 2.38 bits per heavy atom. The van der Waals surface area contributed by atoms with Gasteiger partial charge >= 0.3 is 5.97 Å². The normalized spacial score (nSPS) is 10.9. The number of aromatic nitrogens is 1. The van der Waals surface area contributed by atoms with Crippen molar-refractivity contribution in [1.82, 2.24) is 14.8 Å². The van der Waals surface area contributed by atoms with E-state index < -0.39 is 5.97 Å². The summed E-state index contributed by atoms with van der Waals surface area (Å²) >= 11 is 0. The van der Waals surface area contributed by atoms with Crippen LogP contribution in [0, 0.1) is 6.92 Å². The van der Waals surface area contributed by atoms with Gasteiger partial charge in [0.2, 0.25) is 11.8 Å². The Hall–Kier alpha value is -3.94. The number of rotatable bonds is 14. The van der Waals surface area contributed by atoms with Crippen molar-refractivity contribution in [2.24, 2.45) is 0 Å². The molecule has 2 aromatic carbocycles. The topological polar surface area (TPSA) is 97.7 Å². The minimum Gasteiger partial charge on any atom is -0.427 e. The number of nitrogens with zero attached hydrogens (tertiary/aromatic N) is 2. The van der Waals surface area contributed by atoms with Crippen molar-refractivity contribution in [3.05, 3.63) is 65.4 Å². The third kappa shape index (κ3) is 8.28. The summed E-state index contributed by atoms with van der Waals surface area (Å²) < 4.78 is 6.89. The molecule has 0 aliphatic heterocycles. The van der Waals surface area contributed by atoms with Crippen molar-refractivity contribution in [2.75, 3.05) is 20.1 Å². The number of amides is 2. The van der Waals surface area contributed by atoms with Gasteiger partial charge in [-0.25, -0.2) is 0 Å². The first-order valence-electron chi connectivity index (χ1n) is 14.2. The Kier molecular flexibility index (Phi) is 11.5. The molecule has 0 bridgehead atoms. The van der Waals surface area contributed by atoms with E-state index in [1.807, 2.05) is 37.1 Å². The molecule has 3 rings (SSSR count). The first-order chi connectivity index (χ1) is 19.2. The molecule has 8 heteroatoms. The number of esters is 1. The molecule has 0 aliphatic carbocycles. The van der Waals surface area contributed by atoms with Crippen LogP contribution in [-0.2, 0) is 20.8 Å². The summed E-state index contributed by atoms with van der Waals surface area (Å²) in [6.45, 7) is 6.63. The van der Waals surface area contributed by atoms with Crippen LogP contribution in [-0.4, -0.2) is 53.3 Å². The molecular formula is C32H41N3O5. The highest BCUT2D eigenvalue weighted by molar-refractivity contribution is 6.05. The molecular weight excluding hydrogens is 506 g/mol. The molecule has 0 unspecified atom stereocenters. The molecule has 214 valence electrons. The zero-order valence-corrected chi connectivity index (χ0v) is 24.1. The summed E-state index contributed by atoms with van der Waals surface area (Å²) in [6, 6.07) is 14.1. The highest BCUT2D eigenvalue weighted by Gasteiger charge is 2.22. The van der Waals surface area contributed by atoms with Gasteiger partial charge in [0.1, 0.15) is 5.75 Å². The molecule has 3 aromatic rings. The molecule has 1 heterocycles. The summed E-state index contributed by atoms with van der Waals surface area (Å²) in [5.74, 6) is -0.215.